The largest absolute Gasteiger partial charge is 0.480 e. The highest BCUT2D eigenvalue weighted by atomic mass is 16.4. The predicted octanol–water partition coefficient (Wildman–Crippen LogP) is 1.82. The molecule has 0 aromatic carbocycles. The van der Waals surface area contributed by atoms with Gasteiger partial charge in [0.15, 0.2) is 0 Å². The predicted molar refractivity (Wildman–Crippen MR) is 67.3 cm³/mol. The summed E-state index contributed by atoms with van der Waals surface area (Å²) < 4.78 is 0. The maximum absolute atomic E-state index is 12.2. The molecule has 0 aromatic heterocycles. The van der Waals surface area contributed by atoms with Crippen molar-refractivity contribution in [2.75, 3.05) is 6.54 Å². The van der Waals surface area contributed by atoms with E-state index in [-0.39, 0.29) is 12.1 Å². The van der Waals surface area contributed by atoms with Gasteiger partial charge < -0.3 is 15.3 Å². The Hall–Kier alpha value is -1.26. The summed E-state index contributed by atoms with van der Waals surface area (Å²) in [4.78, 5) is 25.0. The number of aliphatic carboxylic acids is 1. The third-order valence-electron chi connectivity index (χ3n) is 4.37. The monoisotopic (exact) mass is 254 g/mol. The zero-order valence-corrected chi connectivity index (χ0v) is 11.1. The van der Waals surface area contributed by atoms with E-state index in [4.69, 9.17) is 0 Å². The fourth-order valence-corrected chi connectivity index (χ4v) is 3.10. The number of likely N-dealkylation sites (tertiary alicyclic amines) is 1. The fourth-order valence-electron chi connectivity index (χ4n) is 3.10. The van der Waals surface area contributed by atoms with Gasteiger partial charge in [-0.05, 0) is 44.9 Å². The first kappa shape index (κ1) is 13.2. The zero-order chi connectivity index (χ0) is 13.3. The second-order valence-corrected chi connectivity index (χ2v) is 5.90. The van der Waals surface area contributed by atoms with Gasteiger partial charge in [-0.2, -0.15) is 0 Å². The number of carbonyl (C=O) groups excluding carboxylic acids is 1. The van der Waals surface area contributed by atoms with Crippen LogP contribution in [-0.4, -0.2) is 40.1 Å². The molecule has 1 saturated heterocycles. The molecule has 2 fully saturated rings. The molecule has 1 aliphatic carbocycles. The molecular weight excluding hydrogens is 232 g/mol. The van der Waals surface area contributed by atoms with E-state index in [9.17, 15) is 14.7 Å². The van der Waals surface area contributed by atoms with Gasteiger partial charge in [0.25, 0.3) is 0 Å². The zero-order valence-electron chi connectivity index (χ0n) is 11.1. The SMILES string of the molecule is CC1CCC(NC(=O)N2CCCC2(C)C(=O)O)C1. The lowest BCUT2D eigenvalue weighted by atomic mass is 10.00. The minimum absolute atomic E-state index is 0.212. The molecule has 1 heterocycles. The highest BCUT2D eigenvalue weighted by Gasteiger charge is 2.46. The summed E-state index contributed by atoms with van der Waals surface area (Å²) in [5.41, 5.74) is -1.03. The number of rotatable bonds is 2. The number of carboxylic acids is 1. The minimum Gasteiger partial charge on any atom is -0.480 e. The van der Waals surface area contributed by atoms with Gasteiger partial charge in [0.05, 0.1) is 0 Å². The van der Waals surface area contributed by atoms with Gasteiger partial charge in [0.1, 0.15) is 5.54 Å². The maximum atomic E-state index is 12.2. The first-order valence-electron chi connectivity index (χ1n) is 6.75. The molecule has 5 nitrogen and oxygen atoms in total. The van der Waals surface area contributed by atoms with Gasteiger partial charge in [0, 0.05) is 12.6 Å². The number of nitrogens with zero attached hydrogens (tertiary/aromatic N) is 1. The van der Waals surface area contributed by atoms with Crippen LogP contribution in [0.2, 0.25) is 0 Å². The van der Waals surface area contributed by atoms with Gasteiger partial charge in [-0.1, -0.05) is 6.92 Å². The molecular formula is C13H22N2O3. The highest BCUT2D eigenvalue weighted by Crippen LogP contribution is 2.30. The van der Waals surface area contributed by atoms with Crippen LogP contribution in [0.1, 0.15) is 46.0 Å². The molecule has 2 amide bonds. The summed E-state index contributed by atoms with van der Waals surface area (Å²) in [6.45, 7) is 4.36. The Labute approximate surface area is 108 Å². The molecule has 0 bridgehead atoms. The average molecular weight is 254 g/mol. The molecule has 2 N–H and O–H groups in total. The second kappa shape index (κ2) is 4.78. The highest BCUT2D eigenvalue weighted by molar-refractivity contribution is 5.86. The Balaban J connectivity index is 1.98. The summed E-state index contributed by atoms with van der Waals surface area (Å²) in [7, 11) is 0. The molecule has 1 saturated carbocycles. The van der Waals surface area contributed by atoms with Crippen LogP contribution in [-0.2, 0) is 4.79 Å². The summed E-state index contributed by atoms with van der Waals surface area (Å²) in [5.74, 6) is -0.255. The Kier molecular flexibility index (Phi) is 3.50. The molecule has 102 valence electrons. The first-order chi connectivity index (χ1) is 8.43. The Morgan fingerprint density at radius 2 is 2.11 bits per heavy atom. The van der Waals surface area contributed by atoms with Crippen LogP contribution < -0.4 is 5.32 Å². The fraction of sp³-hybridized carbons (Fsp3) is 0.846. The van der Waals surface area contributed by atoms with Crippen molar-refractivity contribution in [3.63, 3.8) is 0 Å². The van der Waals surface area contributed by atoms with E-state index in [2.05, 4.69) is 12.2 Å². The van der Waals surface area contributed by atoms with Crippen LogP contribution in [0.4, 0.5) is 4.79 Å². The van der Waals surface area contributed by atoms with E-state index < -0.39 is 11.5 Å². The van der Waals surface area contributed by atoms with Crippen LogP contribution in [0.15, 0.2) is 0 Å². The van der Waals surface area contributed by atoms with Crippen LogP contribution >= 0.6 is 0 Å². The van der Waals surface area contributed by atoms with E-state index in [0.29, 0.717) is 18.9 Å². The number of hydrogen-bond acceptors (Lipinski definition) is 2. The quantitative estimate of drug-likeness (QED) is 0.789. The number of carboxylic acid groups (broad SMARTS) is 1. The molecule has 1 aliphatic heterocycles. The molecule has 2 rings (SSSR count). The van der Waals surface area contributed by atoms with Gasteiger partial charge in [-0.15, -0.1) is 0 Å². The number of hydrogen-bond donors (Lipinski definition) is 2. The molecule has 3 unspecified atom stereocenters. The summed E-state index contributed by atoms with van der Waals surface area (Å²) in [5, 5.41) is 12.3. The van der Waals surface area contributed by atoms with Gasteiger partial charge in [0.2, 0.25) is 0 Å². The van der Waals surface area contributed by atoms with Crippen molar-refractivity contribution < 1.29 is 14.7 Å². The molecule has 5 heteroatoms. The third kappa shape index (κ3) is 2.31. The van der Waals surface area contributed by atoms with Gasteiger partial charge in [-0.25, -0.2) is 9.59 Å². The molecule has 2 aliphatic rings. The van der Waals surface area contributed by atoms with Gasteiger partial charge in [-0.3, -0.25) is 0 Å². The van der Waals surface area contributed by atoms with E-state index in [0.717, 1.165) is 25.7 Å². The van der Waals surface area contributed by atoms with Crippen molar-refractivity contribution in [3.8, 4) is 0 Å². The standard InChI is InChI=1S/C13H22N2O3/c1-9-4-5-10(8-9)14-12(18)15-7-3-6-13(15,2)11(16)17/h9-10H,3-8H2,1-2H3,(H,14,18)(H,16,17). The van der Waals surface area contributed by atoms with Gasteiger partial charge >= 0.3 is 12.0 Å². The van der Waals surface area contributed by atoms with Crippen molar-refractivity contribution in [3.05, 3.63) is 0 Å². The van der Waals surface area contributed by atoms with Crippen LogP contribution in [0.3, 0.4) is 0 Å². The summed E-state index contributed by atoms with van der Waals surface area (Å²) in [6, 6.07) is 0.00245. The second-order valence-electron chi connectivity index (χ2n) is 5.90. The van der Waals surface area contributed by atoms with Crippen molar-refractivity contribution in [2.45, 2.75) is 57.5 Å². The van der Waals surface area contributed by atoms with Crippen molar-refractivity contribution in [2.24, 2.45) is 5.92 Å². The van der Waals surface area contributed by atoms with Crippen LogP contribution in [0.25, 0.3) is 0 Å². The van der Waals surface area contributed by atoms with Crippen LogP contribution in [0, 0.1) is 5.92 Å². The summed E-state index contributed by atoms with van der Waals surface area (Å²) in [6.07, 6.45) is 4.45. The molecule has 0 radical (unpaired) electrons. The van der Waals surface area contributed by atoms with E-state index in [1.165, 1.54) is 4.90 Å². The lowest BCUT2D eigenvalue weighted by molar-refractivity contribution is -0.147. The number of nitrogens with one attached hydrogen (secondary N) is 1. The van der Waals surface area contributed by atoms with Crippen molar-refractivity contribution in [1.82, 2.24) is 10.2 Å². The Morgan fingerprint density at radius 1 is 1.39 bits per heavy atom. The maximum Gasteiger partial charge on any atom is 0.329 e. The molecule has 0 spiro atoms. The van der Waals surface area contributed by atoms with E-state index in [1.54, 1.807) is 6.92 Å². The van der Waals surface area contributed by atoms with E-state index >= 15 is 0 Å². The lowest BCUT2D eigenvalue weighted by Gasteiger charge is -2.32. The third-order valence-corrected chi connectivity index (χ3v) is 4.37. The Bertz CT molecular complexity index is 358. The average Bonchev–Trinajstić information content (AvgIpc) is 2.86. The van der Waals surface area contributed by atoms with Crippen molar-refractivity contribution >= 4 is 12.0 Å². The van der Waals surface area contributed by atoms with Crippen LogP contribution in [0.5, 0.6) is 0 Å². The normalized spacial score (nSPS) is 35.8. The number of amides is 2. The topological polar surface area (TPSA) is 69.6 Å². The number of urea groups is 1. The minimum atomic E-state index is -1.03. The smallest absolute Gasteiger partial charge is 0.329 e. The first-order valence-corrected chi connectivity index (χ1v) is 6.75. The number of carbonyl (C=O) groups is 2. The lowest BCUT2D eigenvalue weighted by Crippen LogP contribution is -2.55. The van der Waals surface area contributed by atoms with Crippen molar-refractivity contribution in [1.29, 1.82) is 0 Å². The molecule has 0 aromatic rings. The molecule has 3 atom stereocenters. The van der Waals surface area contributed by atoms with E-state index in [1.807, 2.05) is 0 Å². The Morgan fingerprint density at radius 3 is 2.67 bits per heavy atom. The molecule has 18 heavy (non-hydrogen) atoms. The summed E-state index contributed by atoms with van der Waals surface area (Å²) >= 11 is 0.